The number of hydrogen-bond donors (Lipinski definition) is 2. The van der Waals surface area contributed by atoms with Crippen molar-refractivity contribution in [2.75, 3.05) is 13.1 Å². The van der Waals surface area contributed by atoms with Crippen molar-refractivity contribution in [2.24, 2.45) is 5.73 Å². The monoisotopic (exact) mass is 253 g/mol. The second-order valence-corrected chi connectivity index (χ2v) is 5.40. The van der Waals surface area contributed by atoms with Gasteiger partial charge in [-0.25, -0.2) is 0 Å². The van der Waals surface area contributed by atoms with Crippen molar-refractivity contribution in [2.45, 2.75) is 57.0 Å². The van der Waals surface area contributed by atoms with Gasteiger partial charge >= 0.3 is 0 Å². The van der Waals surface area contributed by atoms with E-state index in [4.69, 9.17) is 5.73 Å². The minimum atomic E-state index is -0.412. The number of nitrogens with one attached hydrogen (secondary N) is 1. The quantitative estimate of drug-likeness (QED) is 0.689. The minimum absolute atomic E-state index is 0.0638. The number of amides is 2. The largest absolute Gasteiger partial charge is 0.368 e. The van der Waals surface area contributed by atoms with Crippen LogP contribution in [0.3, 0.4) is 0 Å². The van der Waals surface area contributed by atoms with Gasteiger partial charge in [0.05, 0.1) is 6.54 Å². The minimum Gasteiger partial charge on any atom is -0.368 e. The van der Waals surface area contributed by atoms with Gasteiger partial charge in [-0.1, -0.05) is 12.8 Å². The van der Waals surface area contributed by atoms with Crippen molar-refractivity contribution in [3.8, 4) is 0 Å². The Balaban J connectivity index is 1.80. The predicted octanol–water partition coefficient (Wildman–Crippen LogP) is 0.385. The fourth-order valence-electron chi connectivity index (χ4n) is 2.62. The molecule has 0 unspecified atom stereocenters. The van der Waals surface area contributed by atoms with E-state index in [-0.39, 0.29) is 18.5 Å². The number of nitrogens with two attached hydrogens (primary N) is 1. The fraction of sp³-hybridized carbons (Fsp3) is 0.846. The summed E-state index contributed by atoms with van der Waals surface area (Å²) in [5, 5.41) is 3.32. The van der Waals surface area contributed by atoms with Gasteiger partial charge in [0.2, 0.25) is 11.8 Å². The average Bonchev–Trinajstić information content (AvgIpc) is 2.98. The van der Waals surface area contributed by atoms with Gasteiger partial charge in [-0.3, -0.25) is 9.59 Å². The molecule has 0 radical (unpaired) electrons. The van der Waals surface area contributed by atoms with Gasteiger partial charge in [0, 0.05) is 25.0 Å². The molecule has 102 valence electrons. The number of hydrogen-bond acceptors (Lipinski definition) is 3. The molecule has 2 rings (SSSR count). The summed E-state index contributed by atoms with van der Waals surface area (Å²) in [6, 6.07) is 0.847. The smallest absolute Gasteiger partial charge is 0.237 e. The standard InChI is InChI=1S/C13H23N3O2/c14-12(17)9-16(11-3-1-2-4-11)13(18)7-8-15-10-5-6-10/h10-11,15H,1-9H2,(H2,14,17). The van der Waals surface area contributed by atoms with Crippen LogP contribution >= 0.6 is 0 Å². The van der Waals surface area contributed by atoms with E-state index < -0.39 is 5.91 Å². The van der Waals surface area contributed by atoms with Crippen molar-refractivity contribution < 1.29 is 9.59 Å². The lowest BCUT2D eigenvalue weighted by molar-refractivity contribution is -0.137. The van der Waals surface area contributed by atoms with Gasteiger partial charge < -0.3 is 16.0 Å². The second kappa shape index (κ2) is 6.18. The molecule has 0 spiro atoms. The lowest BCUT2D eigenvalue weighted by atomic mass is 10.2. The van der Waals surface area contributed by atoms with Crippen molar-refractivity contribution in [3.63, 3.8) is 0 Å². The van der Waals surface area contributed by atoms with Crippen molar-refractivity contribution in [1.29, 1.82) is 0 Å². The Morgan fingerprint density at radius 3 is 2.39 bits per heavy atom. The maximum Gasteiger partial charge on any atom is 0.237 e. The zero-order chi connectivity index (χ0) is 13.0. The summed E-state index contributed by atoms with van der Waals surface area (Å²) in [5.41, 5.74) is 5.24. The summed E-state index contributed by atoms with van der Waals surface area (Å²) in [4.78, 5) is 24.9. The molecule has 5 heteroatoms. The van der Waals surface area contributed by atoms with E-state index in [2.05, 4.69) is 5.32 Å². The Morgan fingerprint density at radius 2 is 1.83 bits per heavy atom. The molecular formula is C13H23N3O2. The molecule has 0 aromatic rings. The van der Waals surface area contributed by atoms with Crippen molar-refractivity contribution in [3.05, 3.63) is 0 Å². The zero-order valence-electron chi connectivity index (χ0n) is 10.9. The number of nitrogens with zero attached hydrogens (tertiary/aromatic N) is 1. The SMILES string of the molecule is NC(=O)CN(C(=O)CCNC1CC1)C1CCCC1. The third kappa shape index (κ3) is 3.98. The van der Waals surface area contributed by atoms with Crippen molar-refractivity contribution in [1.82, 2.24) is 10.2 Å². The van der Waals surface area contributed by atoms with Crippen LogP contribution in [0.2, 0.25) is 0 Å². The first-order chi connectivity index (χ1) is 8.66. The highest BCUT2D eigenvalue weighted by molar-refractivity contribution is 5.84. The summed E-state index contributed by atoms with van der Waals surface area (Å²) in [7, 11) is 0. The first kappa shape index (κ1) is 13.3. The van der Waals surface area contributed by atoms with Crippen LogP contribution in [0.5, 0.6) is 0 Å². The second-order valence-electron chi connectivity index (χ2n) is 5.40. The van der Waals surface area contributed by atoms with Crippen LogP contribution in [0.4, 0.5) is 0 Å². The molecule has 0 atom stereocenters. The number of primary amides is 1. The molecule has 0 aromatic carbocycles. The third-order valence-electron chi connectivity index (χ3n) is 3.76. The highest BCUT2D eigenvalue weighted by atomic mass is 16.2. The van der Waals surface area contributed by atoms with E-state index >= 15 is 0 Å². The van der Waals surface area contributed by atoms with Crippen LogP contribution in [-0.2, 0) is 9.59 Å². The summed E-state index contributed by atoms with van der Waals surface area (Å²) in [6.07, 6.45) is 7.23. The number of carbonyl (C=O) groups is 2. The third-order valence-corrected chi connectivity index (χ3v) is 3.76. The van der Waals surface area contributed by atoms with E-state index in [0.29, 0.717) is 19.0 Å². The Hall–Kier alpha value is -1.10. The van der Waals surface area contributed by atoms with Crippen LogP contribution in [0.25, 0.3) is 0 Å². The van der Waals surface area contributed by atoms with Gasteiger partial charge in [0.1, 0.15) is 0 Å². The molecule has 2 saturated carbocycles. The van der Waals surface area contributed by atoms with Crippen LogP contribution < -0.4 is 11.1 Å². The lowest BCUT2D eigenvalue weighted by Gasteiger charge is -2.27. The Kier molecular flexibility index (Phi) is 4.58. The molecule has 0 bridgehead atoms. The van der Waals surface area contributed by atoms with Crippen LogP contribution in [0, 0.1) is 0 Å². The Morgan fingerprint density at radius 1 is 1.17 bits per heavy atom. The van der Waals surface area contributed by atoms with E-state index in [0.717, 1.165) is 25.7 Å². The molecule has 2 aliphatic rings. The summed E-state index contributed by atoms with van der Waals surface area (Å²) >= 11 is 0. The highest BCUT2D eigenvalue weighted by Crippen LogP contribution is 2.24. The fourth-order valence-corrected chi connectivity index (χ4v) is 2.62. The van der Waals surface area contributed by atoms with Gasteiger partial charge in [-0.15, -0.1) is 0 Å². The van der Waals surface area contributed by atoms with Gasteiger partial charge in [-0.2, -0.15) is 0 Å². The number of carbonyl (C=O) groups excluding carboxylic acids is 2. The molecular weight excluding hydrogens is 230 g/mol. The molecule has 0 saturated heterocycles. The normalized spacial score (nSPS) is 20.0. The van der Waals surface area contributed by atoms with Crippen LogP contribution in [0.1, 0.15) is 44.9 Å². The lowest BCUT2D eigenvalue weighted by Crippen LogP contribution is -2.45. The van der Waals surface area contributed by atoms with Crippen molar-refractivity contribution >= 4 is 11.8 Å². The predicted molar refractivity (Wildman–Crippen MR) is 68.8 cm³/mol. The Labute approximate surface area is 108 Å². The first-order valence-corrected chi connectivity index (χ1v) is 6.98. The molecule has 0 aliphatic heterocycles. The van der Waals surface area contributed by atoms with Gasteiger partial charge in [-0.05, 0) is 25.7 Å². The van der Waals surface area contributed by atoms with Crippen LogP contribution in [-0.4, -0.2) is 41.9 Å². The number of rotatable bonds is 7. The molecule has 2 fully saturated rings. The molecule has 2 amide bonds. The van der Waals surface area contributed by atoms with Gasteiger partial charge in [0.25, 0.3) is 0 Å². The van der Waals surface area contributed by atoms with E-state index in [1.165, 1.54) is 12.8 Å². The van der Waals surface area contributed by atoms with E-state index in [1.807, 2.05) is 0 Å². The molecule has 2 aliphatic carbocycles. The molecule has 0 aromatic heterocycles. The first-order valence-electron chi connectivity index (χ1n) is 6.98. The van der Waals surface area contributed by atoms with E-state index in [9.17, 15) is 9.59 Å². The average molecular weight is 253 g/mol. The summed E-state index contributed by atoms with van der Waals surface area (Å²) in [6.45, 7) is 0.790. The summed E-state index contributed by atoms with van der Waals surface area (Å²) in [5.74, 6) is -0.348. The van der Waals surface area contributed by atoms with E-state index in [1.54, 1.807) is 4.90 Å². The topological polar surface area (TPSA) is 75.4 Å². The molecule has 18 heavy (non-hydrogen) atoms. The maximum absolute atomic E-state index is 12.1. The molecule has 0 heterocycles. The molecule has 3 N–H and O–H groups in total. The van der Waals surface area contributed by atoms with Crippen LogP contribution in [0.15, 0.2) is 0 Å². The summed E-state index contributed by atoms with van der Waals surface area (Å²) < 4.78 is 0. The maximum atomic E-state index is 12.1. The zero-order valence-corrected chi connectivity index (χ0v) is 10.9. The molecule has 5 nitrogen and oxygen atoms in total. The van der Waals surface area contributed by atoms with Gasteiger partial charge in [0.15, 0.2) is 0 Å². The highest BCUT2D eigenvalue weighted by Gasteiger charge is 2.28. The Bertz CT molecular complexity index is 309.